The van der Waals surface area contributed by atoms with Gasteiger partial charge in [-0.1, -0.05) is 31.4 Å². The summed E-state index contributed by atoms with van der Waals surface area (Å²) in [6.45, 7) is 6.43. The largest absolute Gasteiger partial charge is 0.372 e. The van der Waals surface area contributed by atoms with Crippen LogP contribution in [0.5, 0.6) is 0 Å². The standard InChI is InChI=1S/C20H30N4/c1-3-24(4-2)17-12-10-15(11-13-17)18-14-22-20(23-18)19(21)16-8-6-5-7-9-16/h10-14,16,19H,3-9,21H2,1-2H3,(H,22,23)/t19-/m0/s1. The molecule has 1 aliphatic rings. The minimum atomic E-state index is 0.0361. The predicted molar refractivity (Wildman–Crippen MR) is 101 cm³/mol. The van der Waals surface area contributed by atoms with Crippen LogP contribution in [0.3, 0.4) is 0 Å². The predicted octanol–water partition coefficient (Wildman–Crippen LogP) is 4.50. The number of nitrogens with zero attached hydrogens (tertiary/aromatic N) is 2. The van der Waals surface area contributed by atoms with Crippen LogP contribution in [0.25, 0.3) is 11.3 Å². The number of nitrogens with one attached hydrogen (secondary N) is 1. The highest BCUT2D eigenvalue weighted by Crippen LogP contribution is 2.32. The Kier molecular flexibility index (Phi) is 5.56. The topological polar surface area (TPSA) is 57.9 Å². The van der Waals surface area contributed by atoms with Crippen LogP contribution < -0.4 is 10.6 Å². The van der Waals surface area contributed by atoms with E-state index in [0.717, 1.165) is 24.6 Å². The maximum Gasteiger partial charge on any atom is 0.123 e. The Hall–Kier alpha value is -1.81. The van der Waals surface area contributed by atoms with E-state index in [-0.39, 0.29) is 6.04 Å². The first-order chi connectivity index (χ1) is 11.7. The minimum absolute atomic E-state index is 0.0361. The SMILES string of the molecule is CCN(CC)c1ccc(-c2cnc([C@@H](N)C3CCCCC3)[nH]2)cc1. The number of anilines is 1. The molecule has 1 fully saturated rings. The minimum Gasteiger partial charge on any atom is -0.372 e. The van der Waals surface area contributed by atoms with Crippen molar-refractivity contribution in [3.05, 3.63) is 36.3 Å². The Labute approximate surface area is 145 Å². The smallest absolute Gasteiger partial charge is 0.123 e. The van der Waals surface area contributed by atoms with Gasteiger partial charge < -0.3 is 15.6 Å². The Morgan fingerprint density at radius 2 is 1.79 bits per heavy atom. The summed E-state index contributed by atoms with van der Waals surface area (Å²) in [5, 5.41) is 0. The van der Waals surface area contributed by atoms with Gasteiger partial charge >= 0.3 is 0 Å². The van der Waals surface area contributed by atoms with Gasteiger partial charge in [-0.3, -0.25) is 0 Å². The molecule has 0 radical (unpaired) electrons. The van der Waals surface area contributed by atoms with Crippen molar-refractivity contribution in [3.63, 3.8) is 0 Å². The van der Waals surface area contributed by atoms with Gasteiger partial charge in [0.15, 0.2) is 0 Å². The fraction of sp³-hybridized carbons (Fsp3) is 0.550. The molecule has 3 N–H and O–H groups in total. The highest BCUT2D eigenvalue weighted by Gasteiger charge is 2.24. The fourth-order valence-corrected chi connectivity index (χ4v) is 3.81. The van der Waals surface area contributed by atoms with Gasteiger partial charge in [-0.15, -0.1) is 0 Å². The van der Waals surface area contributed by atoms with E-state index in [9.17, 15) is 0 Å². The molecule has 4 heteroatoms. The van der Waals surface area contributed by atoms with Gasteiger partial charge in [0.05, 0.1) is 17.9 Å². The van der Waals surface area contributed by atoms with E-state index in [1.165, 1.54) is 43.4 Å². The molecule has 0 saturated heterocycles. The van der Waals surface area contributed by atoms with Crippen LogP contribution in [-0.2, 0) is 0 Å². The van der Waals surface area contributed by atoms with Crippen molar-refractivity contribution in [3.8, 4) is 11.3 Å². The second-order valence-corrected chi connectivity index (χ2v) is 6.83. The summed E-state index contributed by atoms with van der Waals surface area (Å²) in [6.07, 6.45) is 8.35. The molecule has 0 bridgehead atoms. The number of rotatable bonds is 6. The number of aromatic nitrogens is 2. The molecule has 3 rings (SSSR count). The van der Waals surface area contributed by atoms with E-state index in [1.54, 1.807) is 0 Å². The molecule has 1 heterocycles. The van der Waals surface area contributed by atoms with Crippen LogP contribution in [0.4, 0.5) is 5.69 Å². The van der Waals surface area contributed by atoms with Crippen LogP contribution in [-0.4, -0.2) is 23.1 Å². The molecule has 4 nitrogen and oxygen atoms in total. The number of nitrogens with two attached hydrogens (primary N) is 1. The van der Waals surface area contributed by atoms with Crippen molar-refractivity contribution >= 4 is 5.69 Å². The molecule has 0 unspecified atom stereocenters. The number of imidazole rings is 1. The molecule has 0 aliphatic heterocycles. The van der Waals surface area contributed by atoms with Gasteiger partial charge in [0.2, 0.25) is 0 Å². The highest BCUT2D eigenvalue weighted by atomic mass is 15.1. The van der Waals surface area contributed by atoms with Crippen molar-refractivity contribution < 1.29 is 0 Å². The summed E-state index contributed by atoms with van der Waals surface area (Å²) in [6, 6.07) is 8.73. The van der Waals surface area contributed by atoms with Gasteiger partial charge in [-0.25, -0.2) is 4.98 Å². The molecular formula is C20H30N4. The summed E-state index contributed by atoms with van der Waals surface area (Å²) in [4.78, 5) is 10.4. The first-order valence-corrected chi connectivity index (χ1v) is 9.38. The highest BCUT2D eigenvalue weighted by molar-refractivity contribution is 5.62. The maximum atomic E-state index is 6.46. The first kappa shape index (κ1) is 17.0. The molecule has 2 aromatic rings. The average molecular weight is 326 g/mol. The zero-order chi connectivity index (χ0) is 16.9. The van der Waals surface area contributed by atoms with Gasteiger partial charge in [-0.05, 0) is 50.3 Å². The third-order valence-corrected chi connectivity index (χ3v) is 5.38. The number of H-pyrrole nitrogens is 1. The van der Waals surface area contributed by atoms with Crippen LogP contribution in [0.2, 0.25) is 0 Å². The molecule has 1 aromatic carbocycles. The lowest BCUT2D eigenvalue weighted by Gasteiger charge is -2.26. The lowest BCUT2D eigenvalue weighted by atomic mass is 9.84. The quantitative estimate of drug-likeness (QED) is 0.821. The van der Waals surface area contributed by atoms with Crippen LogP contribution in [0, 0.1) is 5.92 Å². The number of benzene rings is 1. The molecule has 1 saturated carbocycles. The average Bonchev–Trinajstić information content (AvgIpc) is 3.13. The maximum absolute atomic E-state index is 6.46. The van der Waals surface area contributed by atoms with Crippen LogP contribution >= 0.6 is 0 Å². The van der Waals surface area contributed by atoms with Crippen molar-refractivity contribution in [1.29, 1.82) is 0 Å². The monoisotopic (exact) mass is 326 g/mol. The van der Waals surface area contributed by atoms with E-state index in [0.29, 0.717) is 5.92 Å². The van der Waals surface area contributed by atoms with Crippen molar-refractivity contribution in [2.45, 2.75) is 52.0 Å². The van der Waals surface area contributed by atoms with E-state index in [4.69, 9.17) is 5.73 Å². The summed E-state index contributed by atoms with van der Waals surface area (Å²) in [7, 11) is 0. The Bertz CT molecular complexity index is 621. The Morgan fingerprint density at radius 1 is 1.12 bits per heavy atom. The van der Waals surface area contributed by atoms with Crippen molar-refractivity contribution in [1.82, 2.24) is 9.97 Å². The normalized spacial score (nSPS) is 17.0. The Balaban J connectivity index is 1.72. The second kappa shape index (κ2) is 7.84. The van der Waals surface area contributed by atoms with Crippen molar-refractivity contribution in [2.24, 2.45) is 11.7 Å². The lowest BCUT2D eigenvalue weighted by Crippen LogP contribution is -2.24. The Morgan fingerprint density at radius 3 is 2.42 bits per heavy atom. The van der Waals surface area contributed by atoms with Gasteiger partial charge in [0.1, 0.15) is 5.82 Å². The lowest BCUT2D eigenvalue weighted by molar-refractivity contribution is 0.302. The van der Waals surface area contributed by atoms with Crippen molar-refractivity contribution in [2.75, 3.05) is 18.0 Å². The number of hydrogen-bond acceptors (Lipinski definition) is 3. The third-order valence-electron chi connectivity index (χ3n) is 5.38. The van der Waals surface area contributed by atoms with Gasteiger partial charge in [0, 0.05) is 18.8 Å². The molecule has 1 aliphatic carbocycles. The molecule has 1 aromatic heterocycles. The summed E-state index contributed by atoms with van der Waals surface area (Å²) in [5.41, 5.74) is 9.95. The van der Waals surface area contributed by atoms with Crippen LogP contribution in [0.1, 0.15) is 57.8 Å². The first-order valence-electron chi connectivity index (χ1n) is 9.38. The van der Waals surface area contributed by atoms with E-state index >= 15 is 0 Å². The second-order valence-electron chi connectivity index (χ2n) is 6.83. The zero-order valence-corrected chi connectivity index (χ0v) is 15.0. The third kappa shape index (κ3) is 3.64. The molecule has 0 amide bonds. The summed E-state index contributed by atoms with van der Waals surface area (Å²) in [5.74, 6) is 1.51. The zero-order valence-electron chi connectivity index (χ0n) is 15.0. The molecular weight excluding hydrogens is 296 g/mol. The molecule has 24 heavy (non-hydrogen) atoms. The van der Waals surface area contributed by atoms with Crippen LogP contribution in [0.15, 0.2) is 30.5 Å². The number of hydrogen-bond donors (Lipinski definition) is 2. The van der Waals surface area contributed by atoms with E-state index < -0.39 is 0 Å². The summed E-state index contributed by atoms with van der Waals surface area (Å²) < 4.78 is 0. The van der Waals surface area contributed by atoms with Gasteiger partial charge in [0.25, 0.3) is 0 Å². The van der Waals surface area contributed by atoms with Gasteiger partial charge in [-0.2, -0.15) is 0 Å². The van der Waals surface area contributed by atoms with E-state index in [2.05, 4.69) is 53.0 Å². The molecule has 1 atom stereocenters. The summed E-state index contributed by atoms with van der Waals surface area (Å²) >= 11 is 0. The van der Waals surface area contributed by atoms with E-state index in [1.807, 2.05) is 6.20 Å². The number of aromatic amines is 1. The fourth-order valence-electron chi connectivity index (χ4n) is 3.81. The molecule has 0 spiro atoms. The molecule has 130 valence electrons.